The smallest absolute Gasteiger partial charge is 0.0972 e. The van der Waals surface area contributed by atoms with Crippen molar-refractivity contribution in [2.24, 2.45) is 0 Å². The molecule has 1 atom stereocenters. The van der Waals surface area contributed by atoms with E-state index in [1.165, 1.54) is 5.56 Å². The average molecular weight is 333 g/mol. The molecule has 0 unspecified atom stereocenters. The average Bonchev–Trinajstić information content (AvgIpc) is 3.09. The van der Waals surface area contributed by atoms with Gasteiger partial charge < -0.3 is 4.74 Å². The highest BCUT2D eigenvalue weighted by molar-refractivity contribution is 5.63. The van der Waals surface area contributed by atoms with Crippen LogP contribution < -0.4 is 0 Å². The van der Waals surface area contributed by atoms with E-state index in [4.69, 9.17) is 9.84 Å². The number of rotatable bonds is 4. The SMILES string of the molecule is C[C@H]1COCCN1Cc1cn(-c2ccccc2)nc1-c1ccccc1. The minimum Gasteiger partial charge on any atom is -0.379 e. The highest BCUT2D eigenvalue weighted by Gasteiger charge is 2.22. The topological polar surface area (TPSA) is 30.3 Å². The summed E-state index contributed by atoms with van der Waals surface area (Å²) in [7, 11) is 0. The third kappa shape index (κ3) is 3.50. The molecule has 4 heteroatoms. The zero-order chi connectivity index (χ0) is 17.1. The lowest BCUT2D eigenvalue weighted by Crippen LogP contribution is -2.42. The van der Waals surface area contributed by atoms with Crippen LogP contribution in [0.15, 0.2) is 66.9 Å². The molecule has 3 aromatic rings. The number of morpholine rings is 1. The largest absolute Gasteiger partial charge is 0.379 e. The van der Waals surface area contributed by atoms with Gasteiger partial charge >= 0.3 is 0 Å². The summed E-state index contributed by atoms with van der Waals surface area (Å²) in [4.78, 5) is 2.47. The number of hydrogen-bond acceptors (Lipinski definition) is 3. The Kier molecular flexibility index (Phi) is 4.63. The van der Waals surface area contributed by atoms with E-state index >= 15 is 0 Å². The van der Waals surface area contributed by atoms with Crippen molar-refractivity contribution in [1.29, 1.82) is 0 Å². The van der Waals surface area contributed by atoms with Gasteiger partial charge in [0.05, 0.1) is 24.6 Å². The Morgan fingerprint density at radius 3 is 2.48 bits per heavy atom. The van der Waals surface area contributed by atoms with E-state index in [2.05, 4.69) is 54.4 Å². The number of para-hydroxylation sites is 1. The first kappa shape index (κ1) is 16.1. The first-order valence-corrected chi connectivity index (χ1v) is 8.82. The summed E-state index contributed by atoms with van der Waals surface area (Å²) in [6, 6.07) is 21.2. The molecule has 0 N–H and O–H groups in total. The third-order valence-corrected chi connectivity index (χ3v) is 4.74. The van der Waals surface area contributed by atoms with E-state index in [1.54, 1.807) is 0 Å². The molecule has 1 saturated heterocycles. The zero-order valence-corrected chi connectivity index (χ0v) is 14.5. The van der Waals surface area contributed by atoms with Crippen molar-refractivity contribution in [1.82, 2.24) is 14.7 Å². The highest BCUT2D eigenvalue weighted by atomic mass is 16.5. The molecule has 0 spiro atoms. The van der Waals surface area contributed by atoms with Gasteiger partial charge in [0.15, 0.2) is 0 Å². The van der Waals surface area contributed by atoms with Crippen LogP contribution in [0.3, 0.4) is 0 Å². The second-order valence-corrected chi connectivity index (χ2v) is 6.54. The number of aromatic nitrogens is 2. The van der Waals surface area contributed by atoms with Crippen molar-refractivity contribution >= 4 is 0 Å². The van der Waals surface area contributed by atoms with Gasteiger partial charge in [-0.15, -0.1) is 0 Å². The molecule has 1 fully saturated rings. The molecule has 1 aliphatic rings. The van der Waals surface area contributed by atoms with Crippen molar-refractivity contribution in [2.45, 2.75) is 19.5 Å². The summed E-state index contributed by atoms with van der Waals surface area (Å²) >= 11 is 0. The Labute approximate surface area is 148 Å². The Balaban J connectivity index is 1.72. The molecule has 2 aromatic carbocycles. The fourth-order valence-corrected chi connectivity index (χ4v) is 3.29. The monoisotopic (exact) mass is 333 g/mol. The van der Waals surface area contributed by atoms with Gasteiger partial charge in [-0.05, 0) is 19.1 Å². The van der Waals surface area contributed by atoms with Crippen LogP contribution in [0.2, 0.25) is 0 Å². The first-order valence-electron chi connectivity index (χ1n) is 8.82. The van der Waals surface area contributed by atoms with Gasteiger partial charge in [-0.2, -0.15) is 5.10 Å². The van der Waals surface area contributed by atoms with Crippen LogP contribution >= 0.6 is 0 Å². The molecule has 1 aromatic heterocycles. The molecule has 0 amide bonds. The lowest BCUT2D eigenvalue weighted by molar-refractivity contribution is -0.00430. The third-order valence-electron chi connectivity index (χ3n) is 4.74. The summed E-state index contributed by atoms with van der Waals surface area (Å²) in [6.45, 7) is 5.68. The molecule has 4 rings (SSSR count). The van der Waals surface area contributed by atoms with E-state index in [1.807, 2.05) is 28.9 Å². The lowest BCUT2D eigenvalue weighted by atomic mass is 10.1. The molecule has 4 nitrogen and oxygen atoms in total. The van der Waals surface area contributed by atoms with Crippen LogP contribution in [-0.4, -0.2) is 40.5 Å². The standard InChI is InChI=1S/C21H23N3O/c1-17-16-25-13-12-23(17)14-19-15-24(20-10-6-3-7-11-20)22-21(19)18-8-4-2-5-9-18/h2-11,15,17H,12-14,16H2,1H3/t17-/m0/s1. The maximum Gasteiger partial charge on any atom is 0.0972 e. The zero-order valence-electron chi connectivity index (χ0n) is 14.5. The molecule has 0 saturated carbocycles. The number of nitrogens with zero attached hydrogens (tertiary/aromatic N) is 3. The summed E-state index contributed by atoms with van der Waals surface area (Å²) in [6.07, 6.45) is 2.17. The molecule has 1 aliphatic heterocycles. The lowest BCUT2D eigenvalue weighted by Gasteiger charge is -2.33. The van der Waals surface area contributed by atoms with Crippen LogP contribution in [0.25, 0.3) is 16.9 Å². The number of benzene rings is 2. The molecule has 2 heterocycles. The van der Waals surface area contributed by atoms with Crippen molar-refractivity contribution in [3.63, 3.8) is 0 Å². The van der Waals surface area contributed by atoms with Crippen LogP contribution in [0.5, 0.6) is 0 Å². The van der Waals surface area contributed by atoms with E-state index in [-0.39, 0.29) is 0 Å². The first-order chi connectivity index (χ1) is 12.3. The second-order valence-electron chi connectivity index (χ2n) is 6.54. The minimum atomic E-state index is 0.428. The quantitative estimate of drug-likeness (QED) is 0.728. The number of ether oxygens (including phenoxy) is 1. The molecule has 128 valence electrons. The molecule has 25 heavy (non-hydrogen) atoms. The summed E-state index contributed by atoms with van der Waals surface area (Å²) < 4.78 is 7.57. The van der Waals surface area contributed by atoms with Gasteiger partial charge in [-0.1, -0.05) is 48.5 Å². The van der Waals surface area contributed by atoms with Crippen LogP contribution in [0.1, 0.15) is 12.5 Å². The van der Waals surface area contributed by atoms with Crippen LogP contribution in [0.4, 0.5) is 0 Å². The predicted molar refractivity (Wildman–Crippen MR) is 99.7 cm³/mol. The molecular weight excluding hydrogens is 310 g/mol. The Hall–Kier alpha value is -2.43. The Morgan fingerprint density at radius 1 is 1.04 bits per heavy atom. The van der Waals surface area contributed by atoms with Crippen molar-refractivity contribution in [2.75, 3.05) is 19.8 Å². The maximum atomic E-state index is 5.58. The van der Waals surface area contributed by atoms with E-state index < -0.39 is 0 Å². The summed E-state index contributed by atoms with van der Waals surface area (Å²) in [5, 5.41) is 4.90. The second kappa shape index (κ2) is 7.21. The van der Waals surface area contributed by atoms with E-state index in [0.717, 1.165) is 43.2 Å². The van der Waals surface area contributed by atoms with Crippen molar-refractivity contribution in [3.8, 4) is 16.9 Å². The highest BCUT2D eigenvalue weighted by Crippen LogP contribution is 2.25. The Bertz CT molecular complexity index is 814. The van der Waals surface area contributed by atoms with Crippen molar-refractivity contribution in [3.05, 3.63) is 72.4 Å². The van der Waals surface area contributed by atoms with Gasteiger partial charge in [0.25, 0.3) is 0 Å². The normalized spacial score (nSPS) is 18.4. The van der Waals surface area contributed by atoms with Crippen LogP contribution in [-0.2, 0) is 11.3 Å². The van der Waals surface area contributed by atoms with E-state index in [9.17, 15) is 0 Å². The van der Waals surface area contributed by atoms with Gasteiger partial charge in [0.2, 0.25) is 0 Å². The predicted octanol–water partition coefficient (Wildman–Crippen LogP) is 3.76. The Morgan fingerprint density at radius 2 is 1.76 bits per heavy atom. The maximum absolute atomic E-state index is 5.58. The molecule has 0 bridgehead atoms. The molecular formula is C21H23N3O. The molecule has 0 aliphatic carbocycles. The van der Waals surface area contributed by atoms with Gasteiger partial charge in [-0.25, -0.2) is 4.68 Å². The van der Waals surface area contributed by atoms with E-state index in [0.29, 0.717) is 6.04 Å². The summed E-state index contributed by atoms with van der Waals surface area (Å²) in [5.74, 6) is 0. The van der Waals surface area contributed by atoms with Gasteiger partial charge in [-0.3, -0.25) is 4.90 Å². The van der Waals surface area contributed by atoms with Crippen molar-refractivity contribution < 1.29 is 4.74 Å². The van der Waals surface area contributed by atoms with Gasteiger partial charge in [0.1, 0.15) is 0 Å². The van der Waals surface area contributed by atoms with Crippen LogP contribution in [0, 0.1) is 0 Å². The number of hydrogen-bond donors (Lipinski definition) is 0. The molecule has 0 radical (unpaired) electrons. The summed E-state index contributed by atoms with van der Waals surface area (Å²) in [5.41, 5.74) is 4.56. The van der Waals surface area contributed by atoms with Gasteiger partial charge in [0, 0.05) is 36.5 Å². The fourth-order valence-electron chi connectivity index (χ4n) is 3.29. The minimum absolute atomic E-state index is 0.428. The fraction of sp³-hybridized carbons (Fsp3) is 0.286.